The number of hydrogen-bond donors (Lipinski definition) is 2. The summed E-state index contributed by atoms with van der Waals surface area (Å²) in [5.74, 6) is 0.200. The van der Waals surface area contributed by atoms with Gasteiger partial charge in [-0.05, 0) is 32.5 Å². The third-order valence-corrected chi connectivity index (χ3v) is 3.09. The lowest BCUT2D eigenvalue weighted by Crippen LogP contribution is -2.32. The topological polar surface area (TPSA) is 65.7 Å². The predicted molar refractivity (Wildman–Crippen MR) is 74.5 cm³/mol. The first kappa shape index (κ1) is 15.7. The van der Waals surface area contributed by atoms with Gasteiger partial charge in [0.2, 0.25) is 0 Å². The van der Waals surface area contributed by atoms with Crippen LogP contribution in [0.25, 0.3) is 0 Å². The second kappa shape index (κ2) is 7.96. The molecule has 0 aliphatic heterocycles. The fourth-order valence-corrected chi connectivity index (χ4v) is 2.04. The maximum absolute atomic E-state index is 10.9. The lowest BCUT2D eigenvalue weighted by Gasteiger charge is -2.19. The number of nitrogens with zero attached hydrogens (tertiary/aromatic N) is 1. The number of carboxylic acid groups (broad SMARTS) is 1. The minimum Gasteiger partial charge on any atom is -0.478 e. The van der Waals surface area contributed by atoms with Crippen LogP contribution in [-0.4, -0.2) is 42.2 Å². The van der Waals surface area contributed by atoms with Gasteiger partial charge in [-0.25, -0.2) is 4.79 Å². The third-order valence-electron chi connectivity index (χ3n) is 3.09. The number of carboxylic acids is 1. The number of furan rings is 1. The Kier molecular flexibility index (Phi) is 6.59. The highest BCUT2D eigenvalue weighted by molar-refractivity contribution is 5.88. The van der Waals surface area contributed by atoms with Gasteiger partial charge in [0, 0.05) is 13.1 Å². The molecule has 5 nitrogen and oxygen atoms in total. The van der Waals surface area contributed by atoms with Crippen LogP contribution in [0.5, 0.6) is 0 Å². The number of rotatable bonds is 9. The molecule has 1 aromatic heterocycles. The first-order valence-electron chi connectivity index (χ1n) is 6.84. The van der Waals surface area contributed by atoms with Gasteiger partial charge in [0.1, 0.15) is 17.1 Å². The lowest BCUT2D eigenvalue weighted by molar-refractivity contribution is 0.0695. The number of aryl methyl sites for hydroxylation is 1. The summed E-state index contributed by atoms with van der Waals surface area (Å²) < 4.78 is 5.40. The number of likely N-dealkylation sites (N-methyl/N-ethyl adjacent to an activating group) is 1. The summed E-state index contributed by atoms with van der Waals surface area (Å²) in [7, 11) is 0. The molecular formula is C14H24N2O3. The Balaban J connectivity index is 2.33. The quantitative estimate of drug-likeness (QED) is 0.671. The number of nitrogens with one attached hydrogen (secondary N) is 1. The Morgan fingerprint density at radius 3 is 2.68 bits per heavy atom. The smallest absolute Gasteiger partial charge is 0.339 e. The number of hydrogen-bond acceptors (Lipinski definition) is 4. The SMILES string of the molecule is CCCN(CC)CCNCc1cc(C(=O)O)c(C)o1. The van der Waals surface area contributed by atoms with Gasteiger partial charge in [0.05, 0.1) is 6.54 Å². The van der Waals surface area contributed by atoms with Crippen molar-refractivity contribution >= 4 is 5.97 Å². The third kappa shape index (κ3) is 5.04. The summed E-state index contributed by atoms with van der Waals surface area (Å²) in [4.78, 5) is 13.3. The fraction of sp³-hybridized carbons (Fsp3) is 0.643. The van der Waals surface area contributed by atoms with E-state index in [1.54, 1.807) is 13.0 Å². The van der Waals surface area contributed by atoms with E-state index in [0.717, 1.165) is 32.6 Å². The summed E-state index contributed by atoms with van der Waals surface area (Å²) in [6, 6.07) is 1.59. The molecule has 108 valence electrons. The predicted octanol–water partition coefficient (Wildman–Crippen LogP) is 2.11. The molecule has 0 bridgehead atoms. The molecule has 0 fully saturated rings. The molecule has 0 atom stereocenters. The van der Waals surface area contributed by atoms with E-state index in [4.69, 9.17) is 9.52 Å². The van der Waals surface area contributed by atoms with Gasteiger partial charge in [-0.1, -0.05) is 13.8 Å². The van der Waals surface area contributed by atoms with Crippen molar-refractivity contribution in [2.45, 2.75) is 33.7 Å². The molecule has 0 radical (unpaired) electrons. The molecule has 1 rings (SSSR count). The van der Waals surface area contributed by atoms with Crippen molar-refractivity contribution < 1.29 is 14.3 Å². The molecule has 0 amide bonds. The number of aromatic carboxylic acids is 1. The first-order chi connectivity index (χ1) is 9.08. The second-order valence-corrected chi connectivity index (χ2v) is 4.60. The average molecular weight is 268 g/mol. The second-order valence-electron chi connectivity index (χ2n) is 4.60. The molecule has 1 heterocycles. The van der Waals surface area contributed by atoms with Crippen LogP contribution in [0.2, 0.25) is 0 Å². The van der Waals surface area contributed by atoms with Crippen molar-refractivity contribution in [2.75, 3.05) is 26.2 Å². The maximum atomic E-state index is 10.9. The molecule has 0 saturated carbocycles. The first-order valence-corrected chi connectivity index (χ1v) is 6.84. The molecule has 2 N–H and O–H groups in total. The Bertz CT molecular complexity index is 401. The van der Waals surface area contributed by atoms with E-state index in [9.17, 15) is 4.79 Å². The van der Waals surface area contributed by atoms with Crippen LogP contribution in [0.15, 0.2) is 10.5 Å². The highest BCUT2D eigenvalue weighted by atomic mass is 16.4. The normalized spacial score (nSPS) is 11.2. The minimum absolute atomic E-state index is 0.248. The minimum atomic E-state index is -0.937. The lowest BCUT2D eigenvalue weighted by atomic mass is 10.2. The van der Waals surface area contributed by atoms with Crippen LogP contribution in [0.1, 0.15) is 42.1 Å². The molecule has 5 heteroatoms. The van der Waals surface area contributed by atoms with Crippen molar-refractivity contribution in [3.63, 3.8) is 0 Å². The Hall–Kier alpha value is -1.33. The summed E-state index contributed by atoms with van der Waals surface area (Å²) in [6.45, 7) is 10.6. The van der Waals surface area contributed by atoms with Gasteiger partial charge in [-0.15, -0.1) is 0 Å². The van der Waals surface area contributed by atoms with Crippen molar-refractivity contribution in [3.05, 3.63) is 23.2 Å². The van der Waals surface area contributed by atoms with E-state index in [0.29, 0.717) is 18.1 Å². The Labute approximate surface area is 114 Å². The largest absolute Gasteiger partial charge is 0.478 e. The highest BCUT2D eigenvalue weighted by Gasteiger charge is 2.13. The Morgan fingerprint density at radius 2 is 2.16 bits per heavy atom. The molecular weight excluding hydrogens is 244 g/mol. The zero-order valence-electron chi connectivity index (χ0n) is 12.0. The molecule has 0 saturated heterocycles. The van der Waals surface area contributed by atoms with Gasteiger partial charge in [-0.3, -0.25) is 0 Å². The fourth-order valence-electron chi connectivity index (χ4n) is 2.04. The monoisotopic (exact) mass is 268 g/mol. The zero-order chi connectivity index (χ0) is 14.3. The molecule has 0 aliphatic carbocycles. The van der Waals surface area contributed by atoms with Gasteiger partial charge >= 0.3 is 5.97 Å². The van der Waals surface area contributed by atoms with Crippen molar-refractivity contribution in [2.24, 2.45) is 0 Å². The van der Waals surface area contributed by atoms with E-state index in [1.807, 2.05) is 0 Å². The molecule has 0 unspecified atom stereocenters. The molecule has 0 aromatic carbocycles. The van der Waals surface area contributed by atoms with Gasteiger partial charge in [0.25, 0.3) is 0 Å². The van der Waals surface area contributed by atoms with E-state index < -0.39 is 5.97 Å². The number of carbonyl (C=O) groups is 1. The van der Waals surface area contributed by atoms with Crippen molar-refractivity contribution in [1.82, 2.24) is 10.2 Å². The zero-order valence-corrected chi connectivity index (χ0v) is 12.0. The van der Waals surface area contributed by atoms with Gasteiger partial charge in [-0.2, -0.15) is 0 Å². The average Bonchev–Trinajstić information content (AvgIpc) is 2.74. The van der Waals surface area contributed by atoms with E-state index in [-0.39, 0.29) is 5.56 Å². The van der Waals surface area contributed by atoms with E-state index in [1.165, 1.54) is 0 Å². The standard InChI is InChI=1S/C14H24N2O3/c1-4-7-16(5-2)8-6-15-10-12-9-13(14(17)18)11(3)19-12/h9,15H,4-8,10H2,1-3H3,(H,17,18). The van der Waals surface area contributed by atoms with Crippen LogP contribution in [0.4, 0.5) is 0 Å². The van der Waals surface area contributed by atoms with Crippen LogP contribution in [-0.2, 0) is 6.54 Å². The molecule has 1 aromatic rings. The van der Waals surface area contributed by atoms with Gasteiger partial charge in [0.15, 0.2) is 0 Å². The summed E-state index contributed by atoms with van der Waals surface area (Å²) in [5, 5.41) is 12.2. The maximum Gasteiger partial charge on any atom is 0.339 e. The molecule has 19 heavy (non-hydrogen) atoms. The highest BCUT2D eigenvalue weighted by Crippen LogP contribution is 2.14. The summed E-state index contributed by atoms with van der Waals surface area (Å²) >= 11 is 0. The van der Waals surface area contributed by atoms with E-state index in [2.05, 4.69) is 24.1 Å². The van der Waals surface area contributed by atoms with Crippen LogP contribution in [0, 0.1) is 6.92 Å². The van der Waals surface area contributed by atoms with Gasteiger partial charge < -0.3 is 19.7 Å². The molecule has 0 spiro atoms. The van der Waals surface area contributed by atoms with Crippen molar-refractivity contribution in [1.29, 1.82) is 0 Å². The van der Waals surface area contributed by atoms with Crippen LogP contribution < -0.4 is 5.32 Å². The summed E-state index contributed by atoms with van der Waals surface area (Å²) in [6.07, 6.45) is 1.16. The van der Waals surface area contributed by atoms with E-state index >= 15 is 0 Å². The Morgan fingerprint density at radius 1 is 1.42 bits per heavy atom. The molecule has 0 aliphatic rings. The van der Waals surface area contributed by atoms with Crippen LogP contribution in [0.3, 0.4) is 0 Å². The summed E-state index contributed by atoms with van der Waals surface area (Å²) in [5.41, 5.74) is 0.248. The van der Waals surface area contributed by atoms with Crippen LogP contribution >= 0.6 is 0 Å². The van der Waals surface area contributed by atoms with Crippen molar-refractivity contribution in [3.8, 4) is 0 Å².